The highest BCUT2D eigenvalue weighted by Crippen LogP contribution is 2.44. The van der Waals surface area contributed by atoms with Gasteiger partial charge < -0.3 is 9.84 Å². The van der Waals surface area contributed by atoms with E-state index in [2.05, 4.69) is 26.0 Å². The van der Waals surface area contributed by atoms with E-state index in [1.54, 1.807) is 7.11 Å². The van der Waals surface area contributed by atoms with Gasteiger partial charge in [-0.15, -0.1) is 0 Å². The van der Waals surface area contributed by atoms with Crippen molar-refractivity contribution < 1.29 is 9.84 Å². The Morgan fingerprint density at radius 2 is 1.89 bits per heavy atom. The van der Waals surface area contributed by atoms with Gasteiger partial charge in [0.2, 0.25) is 0 Å². The molecule has 1 aliphatic rings. The fourth-order valence-corrected chi connectivity index (χ4v) is 3.44. The maximum Gasteiger partial charge on any atom is 0.125 e. The van der Waals surface area contributed by atoms with Gasteiger partial charge in [0.15, 0.2) is 0 Å². The molecule has 0 spiro atoms. The molecule has 0 atom stereocenters. The first-order valence-corrected chi connectivity index (χ1v) is 7.39. The molecule has 2 heteroatoms. The van der Waals surface area contributed by atoms with Gasteiger partial charge in [0.1, 0.15) is 5.75 Å². The second-order valence-corrected chi connectivity index (χ2v) is 6.09. The molecule has 0 aromatic heterocycles. The molecule has 1 saturated carbocycles. The average molecular weight is 262 g/mol. The maximum absolute atomic E-state index is 9.17. The number of hydrogen-bond donors (Lipinski definition) is 1. The summed E-state index contributed by atoms with van der Waals surface area (Å²) in [7, 11) is 1.77. The Morgan fingerprint density at radius 1 is 1.21 bits per heavy atom. The molecule has 0 bridgehead atoms. The topological polar surface area (TPSA) is 29.5 Å². The summed E-state index contributed by atoms with van der Waals surface area (Å²) in [5.74, 6) is 1.05. The largest absolute Gasteiger partial charge is 0.496 e. The van der Waals surface area contributed by atoms with Crippen LogP contribution in [0.4, 0.5) is 0 Å². The molecule has 2 nitrogen and oxygen atoms in total. The summed E-state index contributed by atoms with van der Waals surface area (Å²) in [6, 6.07) is 4.40. The Hall–Kier alpha value is -1.02. The van der Waals surface area contributed by atoms with Crippen molar-refractivity contribution in [3.05, 3.63) is 28.8 Å². The van der Waals surface area contributed by atoms with E-state index in [1.165, 1.54) is 48.8 Å². The van der Waals surface area contributed by atoms with Gasteiger partial charge in [0.05, 0.1) is 7.11 Å². The zero-order valence-corrected chi connectivity index (χ0v) is 12.5. The Kier molecular flexibility index (Phi) is 4.51. The van der Waals surface area contributed by atoms with Crippen molar-refractivity contribution in [1.82, 2.24) is 0 Å². The molecule has 0 unspecified atom stereocenters. The van der Waals surface area contributed by atoms with Gasteiger partial charge in [0, 0.05) is 12.2 Å². The summed E-state index contributed by atoms with van der Waals surface area (Å²) in [5.41, 5.74) is 4.00. The lowest BCUT2D eigenvalue weighted by Gasteiger charge is -2.36. The van der Waals surface area contributed by atoms with Gasteiger partial charge in [-0.05, 0) is 42.7 Å². The molecule has 19 heavy (non-hydrogen) atoms. The summed E-state index contributed by atoms with van der Waals surface area (Å²) in [6.07, 6.45) is 7.18. The summed E-state index contributed by atoms with van der Waals surface area (Å²) >= 11 is 0. The van der Waals surface area contributed by atoms with E-state index < -0.39 is 0 Å². The summed E-state index contributed by atoms with van der Waals surface area (Å²) < 4.78 is 5.67. The first-order valence-electron chi connectivity index (χ1n) is 7.39. The number of methoxy groups -OCH3 is 1. The van der Waals surface area contributed by atoms with Crippen LogP contribution in [-0.4, -0.2) is 18.8 Å². The number of aryl methyl sites for hydroxylation is 1. The first-order chi connectivity index (χ1) is 9.10. The Morgan fingerprint density at radius 3 is 2.47 bits per heavy atom. The second kappa shape index (κ2) is 5.96. The van der Waals surface area contributed by atoms with E-state index in [0.29, 0.717) is 0 Å². The third-order valence-electron chi connectivity index (χ3n) is 4.55. The van der Waals surface area contributed by atoms with Crippen LogP contribution in [0.3, 0.4) is 0 Å². The van der Waals surface area contributed by atoms with Gasteiger partial charge >= 0.3 is 0 Å². The third-order valence-corrected chi connectivity index (χ3v) is 4.55. The lowest BCUT2D eigenvalue weighted by atomic mass is 9.70. The number of aliphatic hydroxyl groups is 1. The fourth-order valence-electron chi connectivity index (χ4n) is 3.44. The highest BCUT2D eigenvalue weighted by molar-refractivity contribution is 5.48. The quantitative estimate of drug-likeness (QED) is 0.895. The smallest absolute Gasteiger partial charge is 0.125 e. The van der Waals surface area contributed by atoms with Crippen LogP contribution < -0.4 is 4.74 Å². The molecule has 0 amide bonds. The number of aliphatic hydroxyl groups excluding tert-OH is 1. The first kappa shape index (κ1) is 14.4. The molecule has 0 radical (unpaired) electrons. The Bertz CT molecular complexity index is 431. The van der Waals surface area contributed by atoms with Crippen LogP contribution in [0.5, 0.6) is 5.75 Å². The molecule has 1 aromatic rings. The van der Waals surface area contributed by atoms with Gasteiger partial charge in [-0.2, -0.15) is 0 Å². The van der Waals surface area contributed by atoms with Crippen LogP contribution in [-0.2, 0) is 11.8 Å². The van der Waals surface area contributed by atoms with Gasteiger partial charge in [-0.3, -0.25) is 0 Å². The van der Waals surface area contributed by atoms with Crippen molar-refractivity contribution in [1.29, 1.82) is 0 Å². The molecule has 1 N–H and O–H groups in total. The van der Waals surface area contributed by atoms with E-state index in [-0.39, 0.29) is 12.0 Å². The number of hydrogen-bond acceptors (Lipinski definition) is 2. The predicted molar refractivity (Wildman–Crippen MR) is 79.0 cm³/mol. The number of rotatable bonds is 4. The van der Waals surface area contributed by atoms with E-state index in [9.17, 15) is 5.11 Å². The van der Waals surface area contributed by atoms with Crippen molar-refractivity contribution in [2.75, 3.05) is 13.7 Å². The SMILES string of the molecule is COc1c(C)cc(CCO)cc1C1(C)CCCCC1. The highest BCUT2D eigenvalue weighted by Gasteiger charge is 2.32. The van der Waals surface area contributed by atoms with Crippen LogP contribution in [0.2, 0.25) is 0 Å². The summed E-state index contributed by atoms with van der Waals surface area (Å²) in [4.78, 5) is 0. The van der Waals surface area contributed by atoms with Crippen molar-refractivity contribution in [2.24, 2.45) is 0 Å². The molecular weight excluding hydrogens is 236 g/mol. The normalized spacial score (nSPS) is 18.3. The summed E-state index contributed by atoms with van der Waals surface area (Å²) in [6.45, 7) is 4.68. The number of ether oxygens (including phenoxy) is 1. The van der Waals surface area contributed by atoms with Crippen LogP contribution in [0.1, 0.15) is 55.7 Å². The predicted octanol–water partition coefficient (Wildman–Crippen LogP) is 3.76. The van der Waals surface area contributed by atoms with E-state index in [4.69, 9.17) is 4.74 Å². The fraction of sp³-hybridized carbons (Fsp3) is 0.647. The van der Waals surface area contributed by atoms with E-state index in [0.717, 1.165) is 12.2 Å². The van der Waals surface area contributed by atoms with Crippen LogP contribution >= 0.6 is 0 Å². The third kappa shape index (κ3) is 2.94. The second-order valence-electron chi connectivity index (χ2n) is 6.09. The highest BCUT2D eigenvalue weighted by atomic mass is 16.5. The monoisotopic (exact) mass is 262 g/mol. The molecule has 1 aromatic carbocycles. The van der Waals surface area contributed by atoms with Crippen molar-refractivity contribution in [3.63, 3.8) is 0 Å². The molecular formula is C17H26O2. The van der Waals surface area contributed by atoms with Crippen molar-refractivity contribution in [3.8, 4) is 5.75 Å². The van der Waals surface area contributed by atoms with E-state index >= 15 is 0 Å². The molecule has 1 fully saturated rings. The van der Waals surface area contributed by atoms with E-state index in [1.807, 2.05) is 0 Å². The van der Waals surface area contributed by atoms with Gasteiger partial charge in [-0.25, -0.2) is 0 Å². The lowest BCUT2D eigenvalue weighted by Crippen LogP contribution is -2.26. The molecule has 2 rings (SSSR count). The average Bonchev–Trinajstić information content (AvgIpc) is 2.39. The zero-order chi connectivity index (χ0) is 13.9. The molecule has 0 heterocycles. The van der Waals surface area contributed by atoms with Crippen LogP contribution in [0.15, 0.2) is 12.1 Å². The minimum Gasteiger partial charge on any atom is -0.496 e. The zero-order valence-electron chi connectivity index (χ0n) is 12.5. The maximum atomic E-state index is 9.17. The molecule has 106 valence electrons. The minimum absolute atomic E-state index is 0.210. The minimum atomic E-state index is 0.210. The molecule has 0 aliphatic heterocycles. The van der Waals surface area contributed by atoms with Gasteiger partial charge in [0.25, 0.3) is 0 Å². The molecule has 1 aliphatic carbocycles. The lowest BCUT2D eigenvalue weighted by molar-refractivity contribution is 0.296. The van der Waals surface area contributed by atoms with Crippen molar-refractivity contribution >= 4 is 0 Å². The van der Waals surface area contributed by atoms with Gasteiger partial charge in [-0.1, -0.05) is 38.3 Å². The van der Waals surface area contributed by atoms with Crippen molar-refractivity contribution in [2.45, 2.75) is 57.8 Å². The standard InChI is InChI=1S/C17H26O2/c1-13-11-14(7-10-18)12-15(16(13)19-3)17(2)8-5-4-6-9-17/h11-12,18H,4-10H2,1-3H3. The molecule has 0 saturated heterocycles. The van der Waals surface area contributed by atoms with Crippen LogP contribution in [0, 0.1) is 6.92 Å². The summed E-state index contributed by atoms with van der Waals surface area (Å²) in [5, 5.41) is 9.17. The number of benzene rings is 1. The van der Waals surface area contributed by atoms with Crippen LogP contribution in [0.25, 0.3) is 0 Å². The Balaban J connectivity index is 2.46. The Labute approximate surface area is 116 Å².